The van der Waals surface area contributed by atoms with Crippen molar-refractivity contribution in [3.05, 3.63) is 48.5 Å². The fourth-order valence-corrected chi connectivity index (χ4v) is 3.56. The maximum Gasteiger partial charge on any atom is 0.127 e. The van der Waals surface area contributed by atoms with Gasteiger partial charge in [-0.1, -0.05) is 0 Å². The van der Waals surface area contributed by atoms with Crippen molar-refractivity contribution in [3.63, 3.8) is 0 Å². The molecule has 0 amide bonds. The van der Waals surface area contributed by atoms with Crippen LogP contribution in [0.3, 0.4) is 0 Å². The van der Waals surface area contributed by atoms with Crippen LogP contribution in [0.5, 0.6) is 17.2 Å². The van der Waals surface area contributed by atoms with Crippen LogP contribution in [-0.4, -0.2) is 30.6 Å². The molecule has 26 heavy (non-hydrogen) atoms. The highest BCUT2D eigenvalue weighted by Gasteiger charge is 2.35. The van der Waals surface area contributed by atoms with E-state index in [0.717, 1.165) is 29.5 Å². The minimum absolute atomic E-state index is 0. The van der Waals surface area contributed by atoms with Crippen LogP contribution < -0.4 is 20.7 Å². The van der Waals surface area contributed by atoms with Gasteiger partial charge < -0.3 is 14.9 Å². The Hall–Kier alpha value is -1.66. The Labute approximate surface area is 166 Å². The van der Waals surface area contributed by atoms with Crippen molar-refractivity contribution in [1.82, 2.24) is 4.90 Å². The van der Waals surface area contributed by atoms with Crippen molar-refractivity contribution in [2.75, 3.05) is 25.1 Å². The van der Waals surface area contributed by atoms with E-state index in [4.69, 9.17) is 15.3 Å². The predicted octanol–water partition coefficient (Wildman–Crippen LogP) is 4.08. The Kier molecular flexibility index (Phi) is 7.41. The van der Waals surface area contributed by atoms with Gasteiger partial charge in [0.1, 0.15) is 23.4 Å². The van der Waals surface area contributed by atoms with Crippen LogP contribution in [0.1, 0.15) is 12.8 Å². The minimum Gasteiger partial charge on any atom is -0.489 e. The lowest BCUT2D eigenvalue weighted by molar-refractivity contribution is -0.00777. The molecule has 1 unspecified atom stereocenters. The number of rotatable bonds is 5. The van der Waals surface area contributed by atoms with Crippen molar-refractivity contribution in [3.8, 4) is 17.2 Å². The van der Waals surface area contributed by atoms with E-state index in [1.54, 1.807) is 0 Å². The van der Waals surface area contributed by atoms with Gasteiger partial charge in [-0.2, -0.15) is 0 Å². The molecular weight excluding hydrogens is 373 g/mol. The van der Waals surface area contributed by atoms with Crippen LogP contribution in [0.2, 0.25) is 0 Å². The van der Waals surface area contributed by atoms with Crippen molar-refractivity contribution < 1.29 is 9.47 Å². The third-order valence-electron chi connectivity index (χ3n) is 4.96. The second-order valence-electron chi connectivity index (χ2n) is 6.54. The fourth-order valence-electron chi connectivity index (χ4n) is 3.56. The van der Waals surface area contributed by atoms with E-state index in [9.17, 15) is 0 Å². The Morgan fingerprint density at radius 1 is 0.846 bits per heavy atom. The molecule has 3 fully saturated rings. The van der Waals surface area contributed by atoms with Crippen molar-refractivity contribution >= 4 is 30.5 Å². The molecule has 3 aliphatic rings. The van der Waals surface area contributed by atoms with E-state index in [2.05, 4.69) is 10.3 Å². The SMILES string of the molecule is Cl.Cl.NNc1ccc(Oc2ccc(OC3CN4CCC3CC4)cc2)cc1. The summed E-state index contributed by atoms with van der Waals surface area (Å²) in [6.07, 6.45) is 2.86. The molecule has 7 heteroatoms. The van der Waals surface area contributed by atoms with E-state index in [1.165, 1.54) is 25.9 Å². The van der Waals surface area contributed by atoms with Crippen LogP contribution in [0.4, 0.5) is 5.69 Å². The third kappa shape index (κ3) is 4.74. The van der Waals surface area contributed by atoms with Gasteiger partial charge >= 0.3 is 0 Å². The van der Waals surface area contributed by atoms with Gasteiger partial charge in [-0.25, -0.2) is 0 Å². The van der Waals surface area contributed by atoms with Gasteiger partial charge in [0.15, 0.2) is 0 Å². The Bertz CT molecular complexity index is 674. The first-order valence-electron chi connectivity index (χ1n) is 8.54. The summed E-state index contributed by atoms with van der Waals surface area (Å²) in [7, 11) is 0. The molecule has 2 aromatic rings. The van der Waals surface area contributed by atoms with Crippen molar-refractivity contribution in [1.29, 1.82) is 0 Å². The summed E-state index contributed by atoms with van der Waals surface area (Å²) in [6, 6.07) is 15.4. The average molecular weight is 398 g/mol. The van der Waals surface area contributed by atoms with Crippen LogP contribution >= 0.6 is 24.8 Å². The molecule has 2 bridgehead atoms. The number of hydrogen-bond acceptors (Lipinski definition) is 5. The molecule has 3 heterocycles. The quantitative estimate of drug-likeness (QED) is 0.587. The number of hydrogen-bond donors (Lipinski definition) is 2. The zero-order valence-corrected chi connectivity index (χ0v) is 16.1. The zero-order chi connectivity index (χ0) is 16.4. The van der Waals surface area contributed by atoms with Crippen LogP contribution in [0.15, 0.2) is 48.5 Å². The van der Waals surface area contributed by atoms with Crippen molar-refractivity contribution in [2.24, 2.45) is 11.8 Å². The molecule has 2 aromatic carbocycles. The number of nitrogen functional groups attached to an aromatic ring is 1. The van der Waals surface area contributed by atoms with Crippen LogP contribution in [-0.2, 0) is 0 Å². The number of halogens is 2. The topological polar surface area (TPSA) is 59.8 Å². The largest absolute Gasteiger partial charge is 0.489 e. The number of nitrogens with zero attached hydrogens (tertiary/aromatic N) is 1. The summed E-state index contributed by atoms with van der Waals surface area (Å²) in [5, 5.41) is 0. The molecule has 5 nitrogen and oxygen atoms in total. The molecule has 0 aliphatic carbocycles. The molecule has 0 aromatic heterocycles. The third-order valence-corrected chi connectivity index (χ3v) is 4.96. The van der Waals surface area contributed by atoms with E-state index in [-0.39, 0.29) is 24.8 Å². The maximum absolute atomic E-state index is 6.21. The minimum atomic E-state index is 0. The normalized spacial score (nSPS) is 23.3. The van der Waals surface area contributed by atoms with Gasteiger partial charge in [0.25, 0.3) is 0 Å². The first-order chi connectivity index (χ1) is 11.8. The van der Waals surface area contributed by atoms with Gasteiger partial charge in [-0.05, 0) is 80.4 Å². The maximum atomic E-state index is 6.21. The number of hydrazine groups is 1. The van der Waals surface area contributed by atoms with Gasteiger partial charge in [0, 0.05) is 12.2 Å². The van der Waals surface area contributed by atoms with E-state index in [1.807, 2.05) is 48.5 Å². The summed E-state index contributed by atoms with van der Waals surface area (Å²) in [5.74, 6) is 8.56. The summed E-state index contributed by atoms with van der Waals surface area (Å²) < 4.78 is 12.0. The summed E-state index contributed by atoms with van der Waals surface area (Å²) in [4.78, 5) is 2.50. The lowest BCUT2D eigenvalue weighted by Gasteiger charge is -2.44. The molecule has 5 rings (SSSR count). The number of anilines is 1. The summed E-state index contributed by atoms with van der Waals surface area (Å²) in [5.41, 5.74) is 3.45. The first-order valence-corrected chi connectivity index (χ1v) is 8.54. The number of fused-ring (bicyclic) bond motifs is 3. The van der Waals surface area contributed by atoms with Crippen molar-refractivity contribution in [2.45, 2.75) is 18.9 Å². The smallest absolute Gasteiger partial charge is 0.127 e. The van der Waals surface area contributed by atoms with E-state index in [0.29, 0.717) is 12.0 Å². The number of benzene rings is 2. The zero-order valence-electron chi connectivity index (χ0n) is 14.5. The van der Waals surface area contributed by atoms with E-state index < -0.39 is 0 Å². The fraction of sp³-hybridized carbons (Fsp3) is 0.368. The Morgan fingerprint density at radius 3 is 1.88 bits per heavy atom. The second kappa shape index (κ2) is 9.33. The molecular formula is C19H25Cl2N3O2. The molecule has 3 aliphatic heterocycles. The number of nitrogens with two attached hydrogens (primary N) is 1. The molecule has 142 valence electrons. The molecule has 0 spiro atoms. The standard InChI is InChI=1S/C19H23N3O2.2ClH/c20-21-15-1-3-16(4-2-15)23-17-5-7-18(8-6-17)24-19-13-22-11-9-14(19)10-12-22;;/h1-8,14,19,21H,9-13,20H2;2*1H. The van der Waals surface area contributed by atoms with Gasteiger partial charge in [-0.15, -0.1) is 24.8 Å². The number of ether oxygens (including phenoxy) is 2. The lowest BCUT2D eigenvalue weighted by Crippen LogP contribution is -2.52. The molecule has 1 atom stereocenters. The highest BCUT2D eigenvalue weighted by molar-refractivity contribution is 5.85. The number of nitrogens with one attached hydrogen (secondary N) is 1. The van der Waals surface area contributed by atoms with Gasteiger partial charge in [0.05, 0.1) is 0 Å². The molecule has 0 radical (unpaired) electrons. The van der Waals surface area contributed by atoms with E-state index >= 15 is 0 Å². The van der Waals surface area contributed by atoms with Gasteiger partial charge in [-0.3, -0.25) is 10.7 Å². The second-order valence-corrected chi connectivity index (χ2v) is 6.54. The average Bonchev–Trinajstić information content (AvgIpc) is 2.65. The summed E-state index contributed by atoms with van der Waals surface area (Å²) in [6.45, 7) is 3.52. The molecule has 3 N–H and O–H groups in total. The Balaban J connectivity index is 0.00000121. The monoisotopic (exact) mass is 397 g/mol. The number of piperidine rings is 3. The van der Waals surface area contributed by atoms with Crippen LogP contribution in [0.25, 0.3) is 0 Å². The predicted molar refractivity (Wildman–Crippen MR) is 109 cm³/mol. The van der Waals surface area contributed by atoms with Crippen LogP contribution in [0, 0.1) is 5.92 Å². The highest BCUT2D eigenvalue weighted by atomic mass is 35.5. The van der Waals surface area contributed by atoms with Gasteiger partial charge in [0.2, 0.25) is 0 Å². The Morgan fingerprint density at radius 2 is 1.38 bits per heavy atom. The summed E-state index contributed by atoms with van der Waals surface area (Å²) >= 11 is 0. The first kappa shape index (κ1) is 20.6. The molecule has 3 saturated heterocycles. The highest BCUT2D eigenvalue weighted by Crippen LogP contribution is 2.31. The molecule has 0 saturated carbocycles. The lowest BCUT2D eigenvalue weighted by atomic mass is 9.86.